The summed E-state index contributed by atoms with van der Waals surface area (Å²) < 4.78 is 0. The first-order valence-electron chi connectivity index (χ1n) is 6.71. The molecule has 0 spiro atoms. The summed E-state index contributed by atoms with van der Waals surface area (Å²) in [4.78, 5) is 19.7. The molecule has 0 fully saturated rings. The van der Waals surface area contributed by atoms with Crippen LogP contribution in [0.3, 0.4) is 0 Å². The molecule has 0 aliphatic carbocycles. The SMILES string of the molecule is Cc1cccc(CNC(=O)c2c[nH]c3ccc(N)cc23)n1. The fourth-order valence-corrected chi connectivity index (χ4v) is 2.29. The number of nitrogens with zero attached hydrogens (tertiary/aromatic N) is 1. The van der Waals surface area contributed by atoms with Gasteiger partial charge in [0.2, 0.25) is 0 Å². The van der Waals surface area contributed by atoms with Gasteiger partial charge >= 0.3 is 0 Å². The minimum atomic E-state index is -0.143. The van der Waals surface area contributed by atoms with E-state index < -0.39 is 0 Å². The van der Waals surface area contributed by atoms with Crippen molar-refractivity contribution in [3.8, 4) is 0 Å². The Morgan fingerprint density at radius 2 is 2.19 bits per heavy atom. The Kier molecular flexibility index (Phi) is 3.31. The zero-order valence-corrected chi connectivity index (χ0v) is 11.7. The Balaban J connectivity index is 1.79. The lowest BCUT2D eigenvalue weighted by Crippen LogP contribution is -2.23. The summed E-state index contributed by atoms with van der Waals surface area (Å²) in [6.07, 6.45) is 1.70. The normalized spacial score (nSPS) is 10.7. The van der Waals surface area contributed by atoms with Crippen molar-refractivity contribution in [2.24, 2.45) is 0 Å². The van der Waals surface area contributed by atoms with Crippen molar-refractivity contribution in [3.05, 3.63) is 59.5 Å². The fraction of sp³-hybridized carbons (Fsp3) is 0.125. The number of nitrogen functional groups attached to an aromatic ring is 1. The third-order valence-electron chi connectivity index (χ3n) is 3.33. The van der Waals surface area contributed by atoms with Gasteiger partial charge in [-0.2, -0.15) is 0 Å². The van der Waals surface area contributed by atoms with Gasteiger partial charge in [0, 0.05) is 28.5 Å². The number of hydrogen-bond donors (Lipinski definition) is 3. The molecule has 0 aliphatic heterocycles. The van der Waals surface area contributed by atoms with Crippen LogP contribution in [0.25, 0.3) is 10.9 Å². The molecule has 2 aromatic heterocycles. The average Bonchev–Trinajstić information content (AvgIpc) is 2.88. The van der Waals surface area contributed by atoms with Crippen LogP contribution in [0.4, 0.5) is 5.69 Å². The van der Waals surface area contributed by atoms with Gasteiger partial charge in [0.25, 0.3) is 5.91 Å². The van der Waals surface area contributed by atoms with E-state index in [1.807, 2.05) is 31.2 Å². The van der Waals surface area contributed by atoms with Crippen LogP contribution < -0.4 is 11.1 Å². The van der Waals surface area contributed by atoms with Crippen LogP contribution in [-0.4, -0.2) is 15.9 Å². The van der Waals surface area contributed by atoms with Gasteiger partial charge in [-0.15, -0.1) is 0 Å². The minimum Gasteiger partial charge on any atom is -0.399 e. The van der Waals surface area contributed by atoms with Crippen LogP contribution >= 0.6 is 0 Å². The molecule has 21 heavy (non-hydrogen) atoms. The predicted molar refractivity (Wildman–Crippen MR) is 82.9 cm³/mol. The topological polar surface area (TPSA) is 83.8 Å². The molecule has 106 valence electrons. The second-order valence-corrected chi connectivity index (χ2v) is 4.96. The van der Waals surface area contributed by atoms with E-state index in [4.69, 9.17) is 5.73 Å². The smallest absolute Gasteiger partial charge is 0.253 e. The van der Waals surface area contributed by atoms with Crippen LogP contribution in [0.15, 0.2) is 42.6 Å². The Morgan fingerprint density at radius 1 is 1.33 bits per heavy atom. The average molecular weight is 280 g/mol. The summed E-state index contributed by atoms with van der Waals surface area (Å²) in [6, 6.07) is 11.2. The monoisotopic (exact) mass is 280 g/mol. The number of aromatic nitrogens is 2. The number of rotatable bonds is 3. The van der Waals surface area contributed by atoms with Crippen molar-refractivity contribution in [1.82, 2.24) is 15.3 Å². The first-order valence-corrected chi connectivity index (χ1v) is 6.71. The Hall–Kier alpha value is -2.82. The fourth-order valence-electron chi connectivity index (χ4n) is 2.29. The highest BCUT2D eigenvalue weighted by molar-refractivity contribution is 6.07. The van der Waals surface area contributed by atoms with Crippen molar-refractivity contribution >= 4 is 22.5 Å². The molecule has 0 saturated heterocycles. The molecule has 1 amide bonds. The Morgan fingerprint density at radius 3 is 3.00 bits per heavy atom. The van der Waals surface area contributed by atoms with E-state index in [1.54, 1.807) is 18.3 Å². The summed E-state index contributed by atoms with van der Waals surface area (Å²) >= 11 is 0. The summed E-state index contributed by atoms with van der Waals surface area (Å²) in [5.74, 6) is -0.143. The molecule has 1 aromatic carbocycles. The molecule has 0 bridgehead atoms. The number of benzene rings is 1. The number of anilines is 1. The Bertz CT molecular complexity index is 807. The van der Waals surface area contributed by atoms with Gasteiger partial charge in [-0.05, 0) is 37.3 Å². The van der Waals surface area contributed by atoms with Crippen LogP contribution in [-0.2, 0) is 6.54 Å². The van der Waals surface area contributed by atoms with Gasteiger partial charge in [-0.3, -0.25) is 9.78 Å². The molecule has 5 nitrogen and oxygen atoms in total. The van der Waals surface area contributed by atoms with Crippen LogP contribution in [0.2, 0.25) is 0 Å². The number of carbonyl (C=O) groups is 1. The van der Waals surface area contributed by atoms with Crippen molar-refractivity contribution in [2.75, 3.05) is 5.73 Å². The van der Waals surface area contributed by atoms with Crippen LogP contribution in [0.5, 0.6) is 0 Å². The first kappa shape index (κ1) is 13.2. The lowest BCUT2D eigenvalue weighted by atomic mass is 10.1. The molecule has 0 aliphatic rings. The first-order chi connectivity index (χ1) is 10.1. The highest BCUT2D eigenvalue weighted by atomic mass is 16.1. The van der Waals surface area contributed by atoms with E-state index in [1.165, 1.54) is 0 Å². The maximum Gasteiger partial charge on any atom is 0.253 e. The number of carbonyl (C=O) groups excluding carboxylic acids is 1. The quantitative estimate of drug-likeness (QED) is 0.644. The molecule has 2 heterocycles. The highest BCUT2D eigenvalue weighted by Crippen LogP contribution is 2.20. The van der Waals surface area contributed by atoms with E-state index in [-0.39, 0.29) is 5.91 Å². The Labute approximate surface area is 122 Å². The number of pyridine rings is 1. The third kappa shape index (κ3) is 2.72. The van der Waals surface area contributed by atoms with Gasteiger partial charge in [0.15, 0.2) is 0 Å². The van der Waals surface area contributed by atoms with Gasteiger partial charge in [0.05, 0.1) is 17.8 Å². The van der Waals surface area contributed by atoms with E-state index in [2.05, 4.69) is 15.3 Å². The van der Waals surface area contributed by atoms with E-state index in [9.17, 15) is 4.79 Å². The molecule has 0 radical (unpaired) electrons. The van der Waals surface area contributed by atoms with E-state index >= 15 is 0 Å². The predicted octanol–water partition coefficient (Wildman–Crippen LogP) is 2.38. The van der Waals surface area contributed by atoms with E-state index in [0.717, 1.165) is 22.3 Å². The van der Waals surface area contributed by atoms with Crippen molar-refractivity contribution in [2.45, 2.75) is 13.5 Å². The maximum absolute atomic E-state index is 12.3. The molecular weight excluding hydrogens is 264 g/mol. The second-order valence-electron chi connectivity index (χ2n) is 4.96. The number of aromatic amines is 1. The van der Waals surface area contributed by atoms with Gasteiger partial charge in [0.1, 0.15) is 0 Å². The molecule has 0 atom stereocenters. The lowest BCUT2D eigenvalue weighted by Gasteiger charge is -2.05. The highest BCUT2D eigenvalue weighted by Gasteiger charge is 2.12. The largest absolute Gasteiger partial charge is 0.399 e. The van der Waals surface area contributed by atoms with Crippen molar-refractivity contribution in [1.29, 1.82) is 0 Å². The molecule has 5 heteroatoms. The molecule has 0 unspecified atom stereocenters. The molecule has 3 aromatic rings. The summed E-state index contributed by atoms with van der Waals surface area (Å²) in [5.41, 5.74) is 9.66. The minimum absolute atomic E-state index is 0.143. The van der Waals surface area contributed by atoms with E-state index in [0.29, 0.717) is 17.8 Å². The van der Waals surface area contributed by atoms with Crippen LogP contribution in [0, 0.1) is 6.92 Å². The van der Waals surface area contributed by atoms with Crippen molar-refractivity contribution in [3.63, 3.8) is 0 Å². The summed E-state index contributed by atoms with van der Waals surface area (Å²) in [5, 5.41) is 3.70. The summed E-state index contributed by atoms with van der Waals surface area (Å²) in [7, 11) is 0. The lowest BCUT2D eigenvalue weighted by molar-refractivity contribution is 0.0952. The second kappa shape index (κ2) is 5.28. The van der Waals surface area contributed by atoms with Crippen LogP contribution in [0.1, 0.15) is 21.7 Å². The number of fused-ring (bicyclic) bond motifs is 1. The number of H-pyrrole nitrogens is 1. The number of hydrogen-bond acceptors (Lipinski definition) is 3. The summed E-state index contributed by atoms with van der Waals surface area (Å²) in [6.45, 7) is 2.32. The molecule has 4 N–H and O–H groups in total. The number of aryl methyl sites for hydroxylation is 1. The molecular formula is C16H16N4O. The number of nitrogens with one attached hydrogen (secondary N) is 2. The molecule has 3 rings (SSSR count). The zero-order valence-electron chi connectivity index (χ0n) is 11.7. The number of amides is 1. The van der Waals surface area contributed by atoms with Gasteiger partial charge in [-0.25, -0.2) is 0 Å². The maximum atomic E-state index is 12.3. The van der Waals surface area contributed by atoms with Gasteiger partial charge in [-0.1, -0.05) is 6.07 Å². The standard InChI is InChI=1S/C16H16N4O/c1-10-3-2-4-12(20-10)8-19-16(21)14-9-18-15-6-5-11(17)7-13(14)15/h2-7,9,18H,8,17H2,1H3,(H,19,21). The zero-order chi connectivity index (χ0) is 14.8. The molecule has 0 saturated carbocycles. The van der Waals surface area contributed by atoms with Crippen molar-refractivity contribution < 1.29 is 4.79 Å². The third-order valence-corrected chi connectivity index (χ3v) is 3.33. The number of nitrogens with two attached hydrogens (primary N) is 1. The van der Waals surface area contributed by atoms with Gasteiger partial charge < -0.3 is 16.0 Å².